The second kappa shape index (κ2) is 6.78. The number of likely N-dealkylation sites (tertiary alicyclic amines) is 1. The summed E-state index contributed by atoms with van der Waals surface area (Å²) in [7, 11) is 0. The molecule has 2 amide bonds. The van der Waals surface area contributed by atoms with E-state index in [9.17, 15) is 4.79 Å². The third-order valence-electron chi connectivity index (χ3n) is 6.09. The van der Waals surface area contributed by atoms with E-state index in [2.05, 4.69) is 39.6 Å². The molecule has 2 fully saturated rings. The minimum atomic E-state index is -0.0683. The molecule has 1 N–H and O–H groups in total. The third kappa shape index (κ3) is 2.95. The Bertz CT molecular complexity index is 948. The molecule has 1 saturated heterocycles. The Morgan fingerprint density at radius 2 is 2.04 bits per heavy atom. The highest BCUT2D eigenvalue weighted by molar-refractivity contribution is 5.89. The standard InChI is InChI=1S/C22H23N5O/c28-21(25-19-8-7-17(13-24-19)14-26-12-11-23-16-26)27-15-22(9-4-10-22)20(27)18-5-2-1-3-6-18/h1-3,5-8,11-13,16,20H,4,9-10,14-15H2,(H,24,25,28). The van der Waals surface area contributed by atoms with Crippen molar-refractivity contribution in [3.05, 3.63) is 78.5 Å². The van der Waals surface area contributed by atoms with Crippen LogP contribution in [0.4, 0.5) is 10.6 Å². The molecule has 3 heterocycles. The van der Waals surface area contributed by atoms with Gasteiger partial charge in [0.1, 0.15) is 5.82 Å². The van der Waals surface area contributed by atoms with Gasteiger partial charge in [0, 0.05) is 37.1 Å². The van der Waals surface area contributed by atoms with E-state index >= 15 is 0 Å². The average molecular weight is 373 g/mol. The smallest absolute Gasteiger partial charge is 0.323 e. The van der Waals surface area contributed by atoms with Crippen LogP contribution in [0.2, 0.25) is 0 Å². The molecule has 6 nitrogen and oxygen atoms in total. The van der Waals surface area contributed by atoms with E-state index < -0.39 is 0 Å². The van der Waals surface area contributed by atoms with Gasteiger partial charge < -0.3 is 9.47 Å². The summed E-state index contributed by atoms with van der Waals surface area (Å²) in [5, 5.41) is 2.97. The predicted octanol–water partition coefficient (Wildman–Crippen LogP) is 4.09. The van der Waals surface area contributed by atoms with E-state index in [1.165, 1.54) is 24.8 Å². The molecule has 1 spiro atoms. The number of carbonyl (C=O) groups excluding carboxylic acids is 1. The number of urea groups is 1. The number of rotatable bonds is 4. The number of nitrogens with zero attached hydrogens (tertiary/aromatic N) is 4. The number of benzene rings is 1. The summed E-state index contributed by atoms with van der Waals surface area (Å²) < 4.78 is 1.98. The van der Waals surface area contributed by atoms with E-state index in [0.29, 0.717) is 12.4 Å². The zero-order chi connectivity index (χ0) is 19.0. The Labute approximate surface area is 164 Å². The molecule has 3 aromatic rings. The largest absolute Gasteiger partial charge is 0.333 e. The van der Waals surface area contributed by atoms with Gasteiger partial charge in [-0.1, -0.05) is 42.8 Å². The molecule has 1 atom stereocenters. The molecular formula is C22H23N5O. The minimum absolute atomic E-state index is 0.0683. The summed E-state index contributed by atoms with van der Waals surface area (Å²) in [5.41, 5.74) is 2.57. The summed E-state index contributed by atoms with van der Waals surface area (Å²) in [6.45, 7) is 1.54. The summed E-state index contributed by atoms with van der Waals surface area (Å²) in [5.74, 6) is 0.584. The van der Waals surface area contributed by atoms with Crippen molar-refractivity contribution in [3.8, 4) is 0 Å². The predicted molar refractivity (Wildman–Crippen MR) is 107 cm³/mol. The molecule has 2 aliphatic rings. The van der Waals surface area contributed by atoms with Gasteiger partial charge in [0.05, 0.1) is 12.4 Å². The maximum Gasteiger partial charge on any atom is 0.323 e. The normalized spacial score (nSPS) is 19.7. The van der Waals surface area contributed by atoms with Crippen molar-refractivity contribution in [2.24, 2.45) is 5.41 Å². The quantitative estimate of drug-likeness (QED) is 0.749. The first-order valence-electron chi connectivity index (χ1n) is 9.77. The molecule has 142 valence electrons. The lowest BCUT2D eigenvalue weighted by molar-refractivity contribution is -0.0970. The monoisotopic (exact) mass is 373 g/mol. The summed E-state index contributed by atoms with van der Waals surface area (Å²) in [6.07, 6.45) is 10.9. The minimum Gasteiger partial charge on any atom is -0.333 e. The Morgan fingerprint density at radius 3 is 2.68 bits per heavy atom. The molecular weight excluding hydrogens is 350 g/mol. The Balaban J connectivity index is 1.27. The van der Waals surface area contributed by atoms with Gasteiger partial charge in [0.15, 0.2) is 0 Å². The van der Waals surface area contributed by atoms with Crippen LogP contribution in [0.3, 0.4) is 0 Å². The summed E-state index contributed by atoms with van der Waals surface area (Å²) in [6, 6.07) is 14.3. The second-order valence-corrected chi connectivity index (χ2v) is 7.87. The van der Waals surface area contributed by atoms with Crippen LogP contribution >= 0.6 is 0 Å². The number of amides is 2. The number of nitrogens with one attached hydrogen (secondary N) is 1. The maximum atomic E-state index is 12.9. The van der Waals surface area contributed by atoms with Crippen LogP contribution in [-0.2, 0) is 6.54 Å². The first-order chi connectivity index (χ1) is 13.7. The SMILES string of the molecule is O=C(Nc1ccc(Cn2ccnc2)cn1)N1CC2(CCC2)C1c1ccccc1. The van der Waals surface area contributed by atoms with Crippen molar-refractivity contribution in [2.75, 3.05) is 11.9 Å². The van der Waals surface area contributed by atoms with Crippen LogP contribution in [0.25, 0.3) is 0 Å². The van der Waals surface area contributed by atoms with Gasteiger partial charge in [-0.2, -0.15) is 0 Å². The van der Waals surface area contributed by atoms with E-state index in [1.54, 1.807) is 18.7 Å². The zero-order valence-electron chi connectivity index (χ0n) is 15.7. The van der Waals surface area contributed by atoms with Gasteiger partial charge in [-0.3, -0.25) is 5.32 Å². The zero-order valence-corrected chi connectivity index (χ0v) is 15.7. The number of carbonyl (C=O) groups is 1. The Morgan fingerprint density at radius 1 is 1.18 bits per heavy atom. The number of hydrogen-bond donors (Lipinski definition) is 1. The molecule has 5 rings (SSSR count). The summed E-state index contributed by atoms with van der Waals surface area (Å²) in [4.78, 5) is 23.3. The molecule has 2 aromatic heterocycles. The van der Waals surface area contributed by atoms with Crippen molar-refractivity contribution < 1.29 is 4.79 Å². The van der Waals surface area contributed by atoms with Crippen molar-refractivity contribution in [1.29, 1.82) is 0 Å². The molecule has 1 unspecified atom stereocenters. The molecule has 1 saturated carbocycles. The fraction of sp³-hybridized carbons (Fsp3) is 0.318. The second-order valence-electron chi connectivity index (χ2n) is 7.87. The molecule has 1 aliphatic carbocycles. The lowest BCUT2D eigenvalue weighted by Gasteiger charge is -2.62. The fourth-order valence-corrected chi connectivity index (χ4v) is 4.52. The maximum absolute atomic E-state index is 12.9. The van der Waals surface area contributed by atoms with E-state index in [0.717, 1.165) is 12.1 Å². The lowest BCUT2D eigenvalue weighted by atomic mass is 9.56. The molecule has 28 heavy (non-hydrogen) atoms. The fourth-order valence-electron chi connectivity index (χ4n) is 4.52. The van der Waals surface area contributed by atoms with Gasteiger partial charge in [0.25, 0.3) is 0 Å². The Kier molecular flexibility index (Phi) is 4.11. The van der Waals surface area contributed by atoms with Crippen LogP contribution in [0, 0.1) is 5.41 Å². The van der Waals surface area contributed by atoms with Crippen LogP contribution in [-0.4, -0.2) is 32.0 Å². The van der Waals surface area contributed by atoms with Crippen molar-refractivity contribution in [3.63, 3.8) is 0 Å². The number of pyridine rings is 1. The highest BCUT2D eigenvalue weighted by Crippen LogP contribution is 2.60. The molecule has 1 aromatic carbocycles. The first kappa shape index (κ1) is 17.0. The van der Waals surface area contributed by atoms with E-state index in [-0.39, 0.29) is 17.5 Å². The van der Waals surface area contributed by atoms with Crippen molar-refractivity contribution in [1.82, 2.24) is 19.4 Å². The lowest BCUT2D eigenvalue weighted by Crippen LogP contribution is -2.64. The average Bonchev–Trinajstić information content (AvgIpc) is 3.15. The first-order valence-corrected chi connectivity index (χ1v) is 9.77. The van der Waals surface area contributed by atoms with Crippen molar-refractivity contribution in [2.45, 2.75) is 31.8 Å². The van der Waals surface area contributed by atoms with Crippen LogP contribution in [0.1, 0.15) is 36.4 Å². The highest BCUT2D eigenvalue weighted by atomic mass is 16.2. The van der Waals surface area contributed by atoms with Gasteiger partial charge in [0.2, 0.25) is 0 Å². The highest BCUT2D eigenvalue weighted by Gasteiger charge is 2.57. The number of anilines is 1. The van der Waals surface area contributed by atoms with Crippen molar-refractivity contribution >= 4 is 11.8 Å². The van der Waals surface area contributed by atoms with Gasteiger partial charge in [-0.15, -0.1) is 0 Å². The number of hydrogen-bond acceptors (Lipinski definition) is 3. The summed E-state index contributed by atoms with van der Waals surface area (Å²) >= 11 is 0. The van der Waals surface area contributed by atoms with Gasteiger partial charge in [-0.05, 0) is 30.0 Å². The number of imidazole rings is 1. The van der Waals surface area contributed by atoms with Crippen LogP contribution in [0.15, 0.2) is 67.4 Å². The third-order valence-corrected chi connectivity index (χ3v) is 6.09. The Hall–Kier alpha value is -3.15. The number of aromatic nitrogens is 3. The molecule has 0 bridgehead atoms. The molecule has 1 aliphatic heterocycles. The van der Waals surface area contributed by atoms with Crippen LogP contribution < -0.4 is 5.32 Å². The molecule has 6 heteroatoms. The van der Waals surface area contributed by atoms with E-state index in [1.807, 2.05) is 33.9 Å². The van der Waals surface area contributed by atoms with Gasteiger partial charge >= 0.3 is 6.03 Å². The van der Waals surface area contributed by atoms with Gasteiger partial charge in [-0.25, -0.2) is 14.8 Å². The van der Waals surface area contributed by atoms with Crippen LogP contribution in [0.5, 0.6) is 0 Å². The topological polar surface area (TPSA) is 63.1 Å². The van der Waals surface area contributed by atoms with E-state index in [4.69, 9.17) is 0 Å². The molecule has 0 radical (unpaired) electrons.